The van der Waals surface area contributed by atoms with Crippen LogP contribution in [0.1, 0.15) is 24.5 Å². The maximum absolute atomic E-state index is 13.0. The van der Waals surface area contributed by atoms with Gasteiger partial charge in [0, 0.05) is 29.9 Å². The molecule has 7 heteroatoms. The third-order valence-electron chi connectivity index (χ3n) is 3.03. The molecule has 0 fully saturated rings. The highest BCUT2D eigenvalue weighted by Gasteiger charge is 2.21. The van der Waals surface area contributed by atoms with Gasteiger partial charge in [0.05, 0.1) is 10.5 Å². The lowest BCUT2D eigenvalue weighted by Gasteiger charge is -2.03. The molecule has 0 amide bonds. The van der Waals surface area contributed by atoms with Crippen molar-refractivity contribution in [2.24, 2.45) is 0 Å². The number of benzene rings is 1. The molecule has 20 heavy (non-hydrogen) atoms. The summed E-state index contributed by atoms with van der Waals surface area (Å²) >= 11 is 0. The fourth-order valence-corrected chi connectivity index (χ4v) is 1.94. The first-order chi connectivity index (χ1) is 9.43. The van der Waals surface area contributed by atoms with Crippen molar-refractivity contribution in [1.29, 1.82) is 0 Å². The summed E-state index contributed by atoms with van der Waals surface area (Å²) in [6.07, 6.45) is -1.41. The molecule has 0 aliphatic carbocycles. The van der Waals surface area contributed by atoms with Crippen molar-refractivity contribution in [3.05, 3.63) is 45.6 Å². The highest BCUT2D eigenvalue weighted by Crippen LogP contribution is 2.32. The van der Waals surface area contributed by atoms with E-state index < -0.39 is 11.3 Å². The second kappa shape index (κ2) is 5.36. The Hall–Kier alpha value is -2.31. The summed E-state index contributed by atoms with van der Waals surface area (Å²) in [5, 5.41) is 15.0. The van der Waals surface area contributed by atoms with Crippen LogP contribution in [-0.4, -0.2) is 14.7 Å². The standard InChI is InChI=1S/C13H13F2N3O2/c1-3-17-7-10(13(14)15)12(16-17)9-5-4-8(2)11(6-9)18(19)20/h4-7,13H,3H2,1-2H3. The molecular weight excluding hydrogens is 268 g/mol. The molecule has 1 aromatic carbocycles. The SMILES string of the molecule is CCn1cc(C(F)F)c(-c2ccc(C)c([N+](=O)[O-])c2)n1. The van der Waals surface area contributed by atoms with Gasteiger partial charge in [0.2, 0.25) is 0 Å². The fraction of sp³-hybridized carbons (Fsp3) is 0.308. The minimum absolute atomic E-state index is 0.0879. The third kappa shape index (κ3) is 2.52. The van der Waals surface area contributed by atoms with E-state index in [1.165, 1.54) is 23.0 Å². The Morgan fingerprint density at radius 1 is 1.45 bits per heavy atom. The van der Waals surface area contributed by atoms with Gasteiger partial charge in [0.1, 0.15) is 5.69 Å². The Bertz CT molecular complexity index is 653. The van der Waals surface area contributed by atoms with Crippen LogP contribution in [-0.2, 0) is 6.54 Å². The Balaban J connectivity index is 2.59. The molecule has 2 aromatic rings. The van der Waals surface area contributed by atoms with Crippen LogP contribution in [0, 0.1) is 17.0 Å². The highest BCUT2D eigenvalue weighted by atomic mass is 19.3. The molecule has 1 aromatic heterocycles. The molecule has 0 bridgehead atoms. The first-order valence-corrected chi connectivity index (χ1v) is 6.05. The van der Waals surface area contributed by atoms with Gasteiger partial charge in [-0.1, -0.05) is 12.1 Å². The third-order valence-corrected chi connectivity index (χ3v) is 3.03. The van der Waals surface area contributed by atoms with Gasteiger partial charge >= 0.3 is 0 Å². The number of alkyl halides is 2. The molecule has 0 spiro atoms. The summed E-state index contributed by atoms with van der Waals surface area (Å²) in [4.78, 5) is 10.4. The maximum atomic E-state index is 13.0. The second-order valence-electron chi connectivity index (χ2n) is 4.35. The quantitative estimate of drug-likeness (QED) is 0.633. The van der Waals surface area contributed by atoms with E-state index >= 15 is 0 Å². The average Bonchev–Trinajstić information content (AvgIpc) is 2.83. The molecule has 0 radical (unpaired) electrons. The van der Waals surface area contributed by atoms with Gasteiger partial charge in [0.15, 0.2) is 0 Å². The number of nitrogens with zero attached hydrogens (tertiary/aromatic N) is 3. The van der Waals surface area contributed by atoms with Gasteiger partial charge in [0.25, 0.3) is 12.1 Å². The van der Waals surface area contributed by atoms with E-state index in [1.807, 2.05) is 0 Å². The summed E-state index contributed by atoms with van der Waals surface area (Å²) in [6.45, 7) is 3.83. The second-order valence-corrected chi connectivity index (χ2v) is 4.35. The van der Waals surface area contributed by atoms with Crippen LogP contribution in [0.3, 0.4) is 0 Å². The van der Waals surface area contributed by atoms with E-state index in [2.05, 4.69) is 5.10 Å². The smallest absolute Gasteiger partial charge is 0.272 e. The number of rotatable bonds is 4. The van der Waals surface area contributed by atoms with E-state index in [0.29, 0.717) is 17.7 Å². The highest BCUT2D eigenvalue weighted by molar-refractivity contribution is 5.67. The number of aromatic nitrogens is 2. The lowest BCUT2D eigenvalue weighted by Crippen LogP contribution is -1.95. The molecule has 0 N–H and O–H groups in total. The molecule has 0 atom stereocenters. The van der Waals surface area contributed by atoms with Crippen LogP contribution in [0.4, 0.5) is 14.5 Å². The van der Waals surface area contributed by atoms with Crippen LogP contribution < -0.4 is 0 Å². The zero-order chi connectivity index (χ0) is 14.9. The largest absolute Gasteiger partial charge is 0.272 e. The Morgan fingerprint density at radius 3 is 2.70 bits per heavy atom. The Morgan fingerprint density at radius 2 is 2.15 bits per heavy atom. The van der Waals surface area contributed by atoms with Crippen molar-refractivity contribution in [3.63, 3.8) is 0 Å². The molecule has 5 nitrogen and oxygen atoms in total. The topological polar surface area (TPSA) is 61.0 Å². The van der Waals surface area contributed by atoms with Crippen molar-refractivity contribution in [2.75, 3.05) is 0 Å². The zero-order valence-electron chi connectivity index (χ0n) is 11.0. The summed E-state index contributed by atoms with van der Waals surface area (Å²) < 4.78 is 27.4. The number of hydrogen-bond donors (Lipinski definition) is 0. The number of nitro benzene ring substituents is 1. The average molecular weight is 281 g/mol. The lowest BCUT2D eigenvalue weighted by atomic mass is 10.1. The van der Waals surface area contributed by atoms with Crippen LogP contribution in [0.15, 0.2) is 24.4 Å². The van der Waals surface area contributed by atoms with Crippen molar-refractivity contribution < 1.29 is 13.7 Å². The number of aryl methyl sites for hydroxylation is 2. The van der Waals surface area contributed by atoms with Crippen molar-refractivity contribution in [2.45, 2.75) is 26.8 Å². The first-order valence-electron chi connectivity index (χ1n) is 6.05. The van der Waals surface area contributed by atoms with Crippen LogP contribution in [0.2, 0.25) is 0 Å². The Labute approximate surface area is 114 Å². The summed E-state index contributed by atoms with van der Waals surface area (Å²) in [6, 6.07) is 4.38. The van der Waals surface area contributed by atoms with E-state index in [4.69, 9.17) is 0 Å². The number of halogens is 2. The van der Waals surface area contributed by atoms with Crippen LogP contribution >= 0.6 is 0 Å². The zero-order valence-corrected chi connectivity index (χ0v) is 11.0. The number of nitro groups is 1. The van der Waals surface area contributed by atoms with E-state index in [0.717, 1.165) is 0 Å². The molecule has 0 unspecified atom stereocenters. The summed E-state index contributed by atoms with van der Waals surface area (Å²) in [7, 11) is 0. The molecular formula is C13H13F2N3O2. The molecule has 0 aliphatic rings. The molecule has 0 aliphatic heterocycles. The monoisotopic (exact) mass is 281 g/mol. The van der Waals surface area contributed by atoms with Crippen LogP contribution in [0.5, 0.6) is 0 Å². The van der Waals surface area contributed by atoms with Gasteiger partial charge in [-0.2, -0.15) is 5.10 Å². The fourth-order valence-electron chi connectivity index (χ4n) is 1.94. The number of hydrogen-bond acceptors (Lipinski definition) is 3. The van der Waals surface area contributed by atoms with Crippen molar-refractivity contribution in [1.82, 2.24) is 9.78 Å². The Kier molecular flexibility index (Phi) is 3.78. The van der Waals surface area contributed by atoms with E-state index in [-0.39, 0.29) is 16.9 Å². The van der Waals surface area contributed by atoms with Gasteiger partial charge in [-0.15, -0.1) is 0 Å². The van der Waals surface area contributed by atoms with Gasteiger partial charge < -0.3 is 0 Å². The van der Waals surface area contributed by atoms with Gasteiger partial charge in [-0.25, -0.2) is 8.78 Å². The van der Waals surface area contributed by atoms with Crippen molar-refractivity contribution >= 4 is 5.69 Å². The predicted octanol–water partition coefficient (Wildman–Crippen LogP) is 3.72. The molecule has 106 valence electrons. The van der Waals surface area contributed by atoms with Crippen LogP contribution in [0.25, 0.3) is 11.3 Å². The van der Waals surface area contributed by atoms with E-state index in [9.17, 15) is 18.9 Å². The summed E-state index contributed by atoms with van der Waals surface area (Å²) in [5.41, 5.74) is 0.570. The summed E-state index contributed by atoms with van der Waals surface area (Å²) in [5.74, 6) is 0. The lowest BCUT2D eigenvalue weighted by molar-refractivity contribution is -0.385. The minimum Gasteiger partial charge on any atom is -0.272 e. The van der Waals surface area contributed by atoms with Gasteiger partial charge in [-0.3, -0.25) is 14.8 Å². The predicted molar refractivity (Wildman–Crippen MR) is 69.7 cm³/mol. The van der Waals surface area contributed by atoms with Gasteiger partial charge in [-0.05, 0) is 13.8 Å². The first kappa shape index (κ1) is 14.1. The molecule has 2 rings (SSSR count). The molecule has 0 saturated carbocycles. The maximum Gasteiger partial charge on any atom is 0.272 e. The molecule has 1 heterocycles. The van der Waals surface area contributed by atoms with Crippen molar-refractivity contribution in [3.8, 4) is 11.3 Å². The molecule has 0 saturated heterocycles. The minimum atomic E-state index is -2.68. The van der Waals surface area contributed by atoms with E-state index in [1.54, 1.807) is 19.9 Å². The normalized spacial score (nSPS) is 11.1.